The Hall–Kier alpha value is -2.01. The van der Waals surface area contributed by atoms with Crippen molar-refractivity contribution in [3.63, 3.8) is 0 Å². The smallest absolute Gasteiger partial charge is 0.118 e. The third kappa shape index (κ3) is 3.11. The van der Waals surface area contributed by atoms with Crippen LogP contribution < -0.4 is 4.74 Å². The molecule has 2 heteroatoms. The number of ether oxygens (including phenoxy) is 1. The van der Waals surface area contributed by atoms with Crippen LogP contribution in [0.5, 0.6) is 5.75 Å². The van der Waals surface area contributed by atoms with E-state index in [-0.39, 0.29) is 5.41 Å². The number of hydrogen-bond acceptors (Lipinski definition) is 2. The van der Waals surface area contributed by atoms with E-state index in [2.05, 4.69) is 38.1 Å². The molecule has 0 atom stereocenters. The molecule has 1 aliphatic rings. The Labute approximate surface area is 121 Å². The molecule has 0 radical (unpaired) electrons. The fourth-order valence-electron chi connectivity index (χ4n) is 2.71. The fraction of sp³-hybridized carbons (Fsp3) is 0.389. The van der Waals surface area contributed by atoms with Crippen molar-refractivity contribution in [1.82, 2.24) is 0 Å². The molecule has 0 saturated heterocycles. The van der Waals surface area contributed by atoms with Gasteiger partial charge in [0.2, 0.25) is 0 Å². The molecule has 0 amide bonds. The second-order valence-corrected chi connectivity index (χ2v) is 6.18. The van der Waals surface area contributed by atoms with Crippen LogP contribution in [-0.4, -0.2) is 7.11 Å². The zero-order valence-corrected chi connectivity index (χ0v) is 12.7. The summed E-state index contributed by atoms with van der Waals surface area (Å²) < 4.78 is 5.20. The maximum atomic E-state index is 9.13. The van der Waals surface area contributed by atoms with Gasteiger partial charge in [-0.3, -0.25) is 0 Å². The van der Waals surface area contributed by atoms with E-state index in [1.54, 1.807) is 7.11 Å². The van der Waals surface area contributed by atoms with Gasteiger partial charge in [0.05, 0.1) is 13.2 Å². The molecule has 2 nitrogen and oxygen atoms in total. The molecule has 0 aliphatic heterocycles. The highest BCUT2D eigenvalue weighted by Gasteiger charge is 2.27. The van der Waals surface area contributed by atoms with Crippen LogP contribution in [0.25, 0.3) is 5.57 Å². The summed E-state index contributed by atoms with van der Waals surface area (Å²) in [5.74, 6) is 0.869. The summed E-state index contributed by atoms with van der Waals surface area (Å²) >= 11 is 0. The minimum atomic E-state index is 0.192. The monoisotopic (exact) mass is 267 g/mol. The van der Waals surface area contributed by atoms with Gasteiger partial charge in [0.15, 0.2) is 0 Å². The second-order valence-electron chi connectivity index (χ2n) is 6.18. The number of benzene rings is 1. The number of nitriles is 1. The predicted octanol–water partition coefficient (Wildman–Crippen LogP) is 4.74. The van der Waals surface area contributed by atoms with Crippen LogP contribution in [0.1, 0.15) is 39.2 Å². The fourth-order valence-corrected chi connectivity index (χ4v) is 2.71. The van der Waals surface area contributed by atoms with Gasteiger partial charge in [-0.1, -0.05) is 32.1 Å². The average Bonchev–Trinajstić information content (AvgIpc) is 2.44. The number of hydrogen-bond donors (Lipinski definition) is 0. The minimum absolute atomic E-state index is 0.192. The molecular weight excluding hydrogens is 246 g/mol. The molecule has 0 unspecified atom stereocenters. The van der Waals surface area contributed by atoms with Crippen LogP contribution in [0.3, 0.4) is 0 Å². The van der Waals surface area contributed by atoms with Crippen molar-refractivity contribution in [1.29, 1.82) is 5.26 Å². The summed E-state index contributed by atoms with van der Waals surface area (Å²) in [6, 6.07) is 10.4. The van der Waals surface area contributed by atoms with Gasteiger partial charge in [0.25, 0.3) is 0 Å². The van der Waals surface area contributed by atoms with Crippen molar-refractivity contribution >= 4 is 5.57 Å². The standard InChI is InChI=1S/C18H21NO/c1-13(12-19)15-9-16(11-18(2,3)10-15)14-5-7-17(20-4)8-6-14/h5-9H,10-11H2,1-4H3/b15-13+. The molecule has 0 N–H and O–H groups in total. The Morgan fingerprint density at radius 2 is 1.85 bits per heavy atom. The molecule has 0 aromatic heterocycles. The summed E-state index contributed by atoms with van der Waals surface area (Å²) in [6.07, 6.45) is 4.18. The van der Waals surface area contributed by atoms with Gasteiger partial charge < -0.3 is 4.74 Å². The Morgan fingerprint density at radius 3 is 2.40 bits per heavy atom. The van der Waals surface area contributed by atoms with E-state index in [4.69, 9.17) is 10.00 Å². The highest BCUT2D eigenvalue weighted by atomic mass is 16.5. The van der Waals surface area contributed by atoms with Crippen molar-refractivity contribution in [3.8, 4) is 11.8 Å². The normalized spacial score (nSPS) is 19.9. The number of methoxy groups -OCH3 is 1. The van der Waals surface area contributed by atoms with E-state index in [1.165, 1.54) is 11.1 Å². The first-order valence-electron chi connectivity index (χ1n) is 6.90. The first kappa shape index (κ1) is 14.4. The number of nitrogens with zero attached hydrogens (tertiary/aromatic N) is 1. The van der Waals surface area contributed by atoms with Crippen LogP contribution in [0.4, 0.5) is 0 Å². The van der Waals surface area contributed by atoms with E-state index >= 15 is 0 Å². The Morgan fingerprint density at radius 1 is 1.20 bits per heavy atom. The van der Waals surface area contributed by atoms with Crippen molar-refractivity contribution < 1.29 is 4.74 Å². The molecule has 104 valence electrons. The summed E-state index contributed by atoms with van der Waals surface area (Å²) in [5.41, 5.74) is 4.69. The first-order valence-corrected chi connectivity index (χ1v) is 6.90. The third-order valence-corrected chi connectivity index (χ3v) is 3.80. The molecule has 0 spiro atoms. The quantitative estimate of drug-likeness (QED) is 0.725. The van der Waals surface area contributed by atoms with Crippen LogP contribution in [-0.2, 0) is 0 Å². The van der Waals surface area contributed by atoms with Gasteiger partial charge >= 0.3 is 0 Å². The molecule has 0 fully saturated rings. The minimum Gasteiger partial charge on any atom is -0.497 e. The van der Waals surface area contributed by atoms with Gasteiger partial charge in [0.1, 0.15) is 5.75 Å². The van der Waals surface area contributed by atoms with Gasteiger partial charge in [0, 0.05) is 5.57 Å². The van der Waals surface area contributed by atoms with Gasteiger partial charge in [-0.2, -0.15) is 5.26 Å². The summed E-state index contributed by atoms with van der Waals surface area (Å²) in [4.78, 5) is 0. The number of allylic oxidation sites excluding steroid dienone is 4. The molecule has 0 bridgehead atoms. The van der Waals surface area contributed by atoms with Gasteiger partial charge in [-0.25, -0.2) is 0 Å². The number of rotatable bonds is 2. The predicted molar refractivity (Wildman–Crippen MR) is 82.3 cm³/mol. The highest BCUT2D eigenvalue weighted by molar-refractivity contribution is 5.71. The van der Waals surface area contributed by atoms with Crippen molar-refractivity contribution in [2.75, 3.05) is 7.11 Å². The Bertz CT molecular complexity index is 597. The van der Waals surface area contributed by atoms with Gasteiger partial charge in [-0.05, 0) is 54.0 Å². The van der Waals surface area contributed by atoms with Gasteiger partial charge in [-0.15, -0.1) is 0 Å². The van der Waals surface area contributed by atoms with Crippen LogP contribution >= 0.6 is 0 Å². The molecule has 1 aromatic rings. The zero-order valence-electron chi connectivity index (χ0n) is 12.7. The van der Waals surface area contributed by atoms with Crippen LogP contribution in [0, 0.1) is 16.7 Å². The molecule has 0 saturated carbocycles. The van der Waals surface area contributed by atoms with Crippen LogP contribution in [0.2, 0.25) is 0 Å². The second kappa shape index (κ2) is 5.54. The lowest BCUT2D eigenvalue weighted by molar-refractivity contribution is 0.368. The van der Waals surface area contributed by atoms with E-state index in [9.17, 15) is 0 Å². The lowest BCUT2D eigenvalue weighted by Gasteiger charge is -2.32. The van der Waals surface area contributed by atoms with Crippen LogP contribution in [0.15, 0.2) is 41.5 Å². The van der Waals surface area contributed by atoms with E-state index in [0.29, 0.717) is 0 Å². The summed E-state index contributed by atoms with van der Waals surface area (Å²) in [6.45, 7) is 6.42. The average molecular weight is 267 g/mol. The maximum absolute atomic E-state index is 9.13. The lowest BCUT2D eigenvalue weighted by atomic mass is 9.73. The molecule has 0 heterocycles. The molecule has 1 aliphatic carbocycles. The molecule has 2 rings (SSSR count). The Kier molecular flexibility index (Phi) is 3.99. The summed E-state index contributed by atoms with van der Waals surface area (Å²) in [7, 11) is 1.68. The van der Waals surface area contributed by atoms with Crippen molar-refractivity contribution in [3.05, 3.63) is 47.1 Å². The van der Waals surface area contributed by atoms with E-state index in [0.717, 1.165) is 29.7 Å². The topological polar surface area (TPSA) is 33.0 Å². The Balaban J connectivity index is 2.43. The molecule has 1 aromatic carbocycles. The van der Waals surface area contributed by atoms with Crippen molar-refractivity contribution in [2.24, 2.45) is 5.41 Å². The van der Waals surface area contributed by atoms with Crippen molar-refractivity contribution in [2.45, 2.75) is 33.6 Å². The molecule has 20 heavy (non-hydrogen) atoms. The van der Waals surface area contributed by atoms with E-state index in [1.807, 2.05) is 19.1 Å². The largest absolute Gasteiger partial charge is 0.497 e. The van der Waals surface area contributed by atoms with E-state index < -0.39 is 0 Å². The highest BCUT2D eigenvalue weighted by Crippen LogP contribution is 2.42. The molecular formula is C18H21NO. The summed E-state index contributed by atoms with van der Waals surface area (Å²) in [5, 5.41) is 9.13. The SMILES string of the molecule is COc1ccc(C2=C/C(=C(/C)C#N)CC(C)(C)C2)cc1. The first-order chi connectivity index (χ1) is 9.45. The maximum Gasteiger partial charge on any atom is 0.118 e. The zero-order chi connectivity index (χ0) is 14.8. The third-order valence-electron chi connectivity index (χ3n) is 3.80. The lowest BCUT2D eigenvalue weighted by Crippen LogP contribution is -2.17.